The summed E-state index contributed by atoms with van der Waals surface area (Å²) in [6, 6.07) is 22.6. The number of nitrogens with zero attached hydrogens (tertiary/aromatic N) is 1. The number of aryl methyl sites for hydroxylation is 1. The van der Waals surface area contributed by atoms with Gasteiger partial charge in [-0.05, 0) is 60.5 Å². The number of carbonyl (C=O) groups is 1. The van der Waals surface area contributed by atoms with Crippen LogP contribution in [0.2, 0.25) is 0 Å². The van der Waals surface area contributed by atoms with Crippen molar-refractivity contribution in [2.24, 2.45) is 4.99 Å². The van der Waals surface area contributed by atoms with Crippen LogP contribution < -0.4 is 14.2 Å². The molecule has 0 bridgehead atoms. The molecule has 0 saturated carbocycles. The number of methoxy groups -OCH3 is 1. The van der Waals surface area contributed by atoms with Crippen LogP contribution in [-0.4, -0.2) is 45.4 Å². The lowest BCUT2D eigenvalue weighted by Gasteiger charge is -2.12. The predicted molar refractivity (Wildman–Crippen MR) is 133 cm³/mol. The molecule has 0 radical (unpaired) electrons. The molecule has 0 aliphatic carbocycles. The van der Waals surface area contributed by atoms with Gasteiger partial charge in [-0.1, -0.05) is 36.4 Å². The second kappa shape index (κ2) is 11.9. The maximum absolute atomic E-state index is 12.2. The molecule has 0 atom stereocenters. The molecule has 35 heavy (non-hydrogen) atoms. The number of benzene rings is 3. The van der Waals surface area contributed by atoms with Crippen LogP contribution in [-0.2, 0) is 14.3 Å². The fourth-order valence-corrected chi connectivity index (χ4v) is 3.40. The summed E-state index contributed by atoms with van der Waals surface area (Å²) in [4.78, 5) is 16.6. The summed E-state index contributed by atoms with van der Waals surface area (Å²) >= 11 is 0. The highest BCUT2D eigenvalue weighted by Gasteiger charge is 2.24. The van der Waals surface area contributed by atoms with Gasteiger partial charge in [-0.3, -0.25) is 0 Å². The zero-order valence-electron chi connectivity index (χ0n) is 19.7. The Kier molecular flexibility index (Phi) is 8.14. The summed E-state index contributed by atoms with van der Waals surface area (Å²) in [5.74, 6) is 1.75. The molecule has 180 valence electrons. The van der Waals surface area contributed by atoms with E-state index >= 15 is 0 Å². The van der Waals surface area contributed by atoms with Crippen molar-refractivity contribution in [3.05, 3.63) is 95.2 Å². The molecule has 0 saturated heterocycles. The summed E-state index contributed by atoms with van der Waals surface area (Å²) < 4.78 is 27.8. The standard InChI is InChI=1S/C28H27NO6/c1-20-7-6-10-23(17-20)33-15-13-32-14-16-34-25-12-11-21(19-26(25)31-2)18-24-28(30)35-27(29-24)22-8-4-3-5-9-22/h3-12,17-19H,13-16H2,1-2H3/b24-18+. The van der Waals surface area contributed by atoms with Crippen LogP contribution in [0.15, 0.2) is 83.5 Å². The minimum Gasteiger partial charge on any atom is -0.493 e. The van der Waals surface area contributed by atoms with Gasteiger partial charge in [0.25, 0.3) is 0 Å². The molecule has 0 N–H and O–H groups in total. The topological polar surface area (TPSA) is 75.6 Å². The van der Waals surface area contributed by atoms with E-state index in [0.29, 0.717) is 37.9 Å². The maximum atomic E-state index is 12.2. The van der Waals surface area contributed by atoms with E-state index in [1.807, 2.05) is 67.6 Å². The minimum absolute atomic E-state index is 0.223. The maximum Gasteiger partial charge on any atom is 0.363 e. The first-order chi connectivity index (χ1) is 17.1. The number of ether oxygens (including phenoxy) is 5. The van der Waals surface area contributed by atoms with Gasteiger partial charge in [0.1, 0.15) is 19.0 Å². The van der Waals surface area contributed by atoms with Crippen molar-refractivity contribution in [1.29, 1.82) is 0 Å². The van der Waals surface area contributed by atoms with E-state index in [2.05, 4.69) is 4.99 Å². The number of esters is 1. The van der Waals surface area contributed by atoms with Gasteiger partial charge in [0.05, 0.1) is 20.3 Å². The van der Waals surface area contributed by atoms with Crippen molar-refractivity contribution in [1.82, 2.24) is 0 Å². The van der Waals surface area contributed by atoms with E-state index < -0.39 is 5.97 Å². The number of carbonyl (C=O) groups excluding carboxylic acids is 1. The Morgan fingerprint density at radius 3 is 2.43 bits per heavy atom. The van der Waals surface area contributed by atoms with E-state index in [1.54, 1.807) is 25.3 Å². The molecule has 0 aromatic heterocycles. The van der Waals surface area contributed by atoms with Crippen molar-refractivity contribution >= 4 is 17.9 Å². The summed E-state index contributed by atoms with van der Waals surface area (Å²) in [6.45, 7) is 3.72. The summed E-state index contributed by atoms with van der Waals surface area (Å²) in [7, 11) is 1.56. The molecular formula is C28H27NO6. The normalized spacial score (nSPS) is 13.9. The first kappa shape index (κ1) is 24.0. The second-order valence-electron chi connectivity index (χ2n) is 7.74. The Bertz CT molecular complexity index is 1220. The smallest absolute Gasteiger partial charge is 0.363 e. The lowest BCUT2D eigenvalue weighted by atomic mass is 10.1. The largest absolute Gasteiger partial charge is 0.493 e. The number of hydrogen-bond donors (Lipinski definition) is 0. The van der Waals surface area contributed by atoms with Crippen molar-refractivity contribution in [3.8, 4) is 17.2 Å². The van der Waals surface area contributed by atoms with Gasteiger partial charge < -0.3 is 23.7 Å². The van der Waals surface area contributed by atoms with Gasteiger partial charge in [-0.2, -0.15) is 0 Å². The zero-order chi connectivity index (χ0) is 24.5. The molecule has 7 heteroatoms. The molecule has 1 heterocycles. The highest BCUT2D eigenvalue weighted by Crippen LogP contribution is 2.29. The van der Waals surface area contributed by atoms with Crippen LogP contribution in [0.3, 0.4) is 0 Å². The monoisotopic (exact) mass is 473 g/mol. The highest BCUT2D eigenvalue weighted by molar-refractivity contribution is 6.12. The SMILES string of the molecule is COc1cc(/C=C2/N=C(c3ccccc3)OC2=O)ccc1OCCOCCOc1cccc(C)c1. The molecule has 3 aromatic carbocycles. The fourth-order valence-electron chi connectivity index (χ4n) is 3.40. The summed E-state index contributed by atoms with van der Waals surface area (Å²) in [5, 5.41) is 0. The van der Waals surface area contributed by atoms with Gasteiger partial charge >= 0.3 is 5.97 Å². The van der Waals surface area contributed by atoms with Gasteiger partial charge in [-0.15, -0.1) is 0 Å². The molecule has 0 fully saturated rings. The van der Waals surface area contributed by atoms with Gasteiger partial charge in [0.2, 0.25) is 5.90 Å². The number of cyclic esters (lactones) is 1. The third-order valence-corrected chi connectivity index (χ3v) is 5.10. The first-order valence-electron chi connectivity index (χ1n) is 11.3. The molecule has 0 unspecified atom stereocenters. The van der Waals surface area contributed by atoms with Crippen LogP contribution in [0, 0.1) is 6.92 Å². The van der Waals surface area contributed by atoms with E-state index in [0.717, 1.165) is 22.4 Å². The Hall–Kier alpha value is -4.10. The van der Waals surface area contributed by atoms with Crippen LogP contribution in [0.5, 0.6) is 17.2 Å². The molecule has 3 aromatic rings. The quantitative estimate of drug-likeness (QED) is 0.226. The van der Waals surface area contributed by atoms with Crippen molar-refractivity contribution in [3.63, 3.8) is 0 Å². The third kappa shape index (κ3) is 6.71. The highest BCUT2D eigenvalue weighted by atomic mass is 16.6. The Morgan fingerprint density at radius 2 is 1.66 bits per heavy atom. The fraction of sp³-hybridized carbons (Fsp3) is 0.214. The van der Waals surface area contributed by atoms with Crippen molar-refractivity contribution < 1.29 is 28.5 Å². The van der Waals surface area contributed by atoms with Crippen molar-refractivity contribution in [2.45, 2.75) is 6.92 Å². The zero-order valence-corrected chi connectivity index (χ0v) is 19.7. The molecular weight excluding hydrogens is 446 g/mol. The molecule has 7 nitrogen and oxygen atoms in total. The Morgan fingerprint density at radius 1 is 0.857 bits per heavy atom. The third-order valence-electron chi connectivity index (χ3n) is 5.10. The van der Waals surface area contributed by atoms with Gasteiger partial charge in [0.15, 0.2) is 17.2 Å². The predicted octanol–water partition coefficient (Wildman–Crippen LogP) is 4.82. The lowest BCUT2D eigenvalue weighted by molar-refractivity contribution is -0.129. The molecule has 1 aliphatic rings. The second-order valence-corrected chi connectivity index (χ2v) is 7.74. The Labute approximate surface area is 204 Å². The number of rotatable bonds is 11. The Balaban J connectivity index is 1.27. The van der Waals surface area contributed by atoms with Gasteiger partial charge in [0, 0.05) is 5.56 Å². The van der Waals surface area contributed by atoms with Gasteiger partial charge in [-0.25, -0.2) is 9.79 Å². The minimum atomic E-state index is -0.494. The van der Waals surface area contributed by atoms with Crippen LogP contribution in [0.25, 0.3) is 6.08 Å². The van der Waals surface area contributed by atoms with Crippen LogP contribution in [0.1, 0.15) is 16.7 Å². The average Bonchev–Trinajstić information content (AvgIpc) is 3.24. The van der Waals surface area contributed by atoms with Crippen molar-refractivity contribution in [2.75, 3.05) is 33.5 Å². The van der Waals surface area contributed by atoms with E-state index in [1.165, 1.54) is 0 Å². The van der Waals surface area contributed by atoms with E-state index in [-0.39, 0.29) is 11.6 Å². The lowest BCUT2D eigenvalue weighted by Crippen LogP contribution is -2.12. The molecule has 0 spiro atoms. The molecule has 4 rings (SSSR count). The molecule has 1 aliphatic heterocycles. The van der Waals surface area contributed by atoms with Crippen LogP contribution in [0.4, 0.5) is 0 Å². The number of aliphatic imine (C=N–C) groups is 1. The summed E-state index contributed by atoms with van der Waals surface area (Å²) in [6.07, 6.45) is 1.65. The number of hydrogen-bond acceptors (Lipinski definition) is 7. The molecule has 0 amide bonds. The van der Waals surface area contributed by atoms with E-state index in [4.69, 9.17) is 23.7 Å². The first-order valence-corrected chi connectivity index (χ1v) is 11.3. The average molecular weight is 474 g/mol. The van der Waals surface area contributed by atoms with E-state index in [9.17, 15) is 4.79 Å². The van der Waals surface area contributed by atoms with Crippen LogP contribution >= 0.6 is 0 Å². The summed E-state index contributed by atoms with van der Waals surface area (Å²) in [5.41, 5.74) is 2.86.